The lowest BCUT2D eigenvalue weighted by atomic mass is 10.1. The van der Waals surface area contributed by atoms with Crippen molar-refractivity contribution in [3.63, 3.8) is 0 Å². The van der Waals surface area contributed by atoms with Gasteiger partial charge in [0.15, 0.2) is 0 Å². The average Bonchev–Trinajstić information content (AvgIpc) is 2.37. The maximum absolute atomic E-state index is 10.8. The van der Waals surface area contributed by atoms with Crippen molar-refractivity contribution >= 4 is 22.7 Å². The van der Waals surface area contributed by atoms with Crippen LogP contribution in [0.2, 0.25) is 0 Å². The Morgan fingerprint density at radius 2 is 2.06 bits per heavy atom. The molecule has 1 aromatic carbocycles. The molecule has 0 aliphatic carbocycles. The van der Waals surface area contributed by atoms with Crippen LogP contribution in [0.15, 0.2) is 36.4 Å². The van der Waals surface area contributed by atoms with E-state index in [0.29, 0.717) is 6.54 Å². The number of aliphatic carboxylic acids is 1. The fourth-order valence-electron chi connectivity index (χ4n) is 1.85. The number of pyridine rings is 1. The van der Waals surface area contributed by atoms with E-state index in [4.69, 9.17) is 5.11 Å². The van der Waals surface area contributed by atoms with Crippen molar-refractivity contribution in [3.8, 4) is 0 Å². The first kappa shape index (κ1) is 12.4. The minimum Gasteiger partial charge on any atom is -0.481 e. The molecule has 4 nitrogen and oxygen atoms in total. The van der Waals surface area contributed by atoms with Gasteiger partial charge >= 0.3 is 5.97 Å². The number of para-hydroxylation sites is 1. The molecule has 1 unspecified atom stereocenters. The lowest BCUT2D eigenvalue weighted by Gasteiger charge is -2.20. The van der Waals surface area contributed by atoms with Crippen molar-refractivity contribution < 1.29 is 9.90 Å². The van der Waals surface area contributed by atoms with Crippen molar-refractivity contribution in [2.75, 3.05) is 18.5 Å². The fraction of sp³-hybridized carbons (Fsp3) is 0.286. The van der Waals surface area contributed by atoms with E-state index in [9.17, 15) is 4.79 Å². The van der Waals surface area contributed by atoms with Crippen LogP contribution in [0.1, 0.15) is 6.92 Å². The maximum Gasteiger partial charge on any atom is 0.308 e. The van der Waals surface area contributed by atoms with Crippen molar-refractivity contribution in [1.29, 1.82) is 0 Å². The number of hydrogen-bond donors (Lipinski definition) is 1. The van der Waals surface area contributed by atoms with Crippen molar-refractivity contribution in [1.82, 2.24) is 4.98 Å². The molecule has 94 valence electrons. The number of nitrogens with zero attached hydrogens (tertiary/aromatic N) is 2. The molecule has 0 aliphatic rings. The molecule has 0 fully saturated rings. The van der Waals surface area contributed by atoms with Gasteiger partial charge < -0.3 is 10.0 Å². The van der Waals surface area contributed by atoms with Crippen molar-refractivity contribution in [2.45, 2.75) is 6.92 Å². The van der Waals surface area contributed by atoms with Crippen molar-refractivity contribution in [2.24, 2.45) is 5.92 Å². The van der Waals surface area contributed by atoms with Crippen LogP contribution >= 0.6 is 0 Å². The number of hydrogen-bond acceptors (Lipinski definition) is 3. The lowest BCUT2D eigenvalue weighted by molar-refractivity contribution is -0.140. The molecule has 1 N–H and O–H groups in total. The molecule has 0 radical (unpaired) electrons. The second kappa shape index (κ2) is 5.04. The van der Waals surface area contributed by atoms with Crippen LogP contribution in [0, 0.1) is 5.92 Å². The summed E-state index contributed by atoms with van der Waals surface area (Å²) < 4.78 is 0. The summed E-state index contributed by atoms with van der Waals surface area (Å²) in [6.07, 6.45) is 0. The molecule has 0 amide bonds. The van der Waals surface area contributed by atoms with Gasteiger partial charge in [0.1, 0.15) is 5.82 Å². The molecule has 0 spiro atoms. The molecule has 0 saturated heterocycles. The summed E-state index contributed by atoms with van der Waals surface area (Å²) in [6.45, 7) is 2.14. The minimum atomic E-state index is -0.789. The largest absolute Gasteiger partial charge is 0.481 e. The van der Waals surface area contributed by atoms with E-state index in [1.54, 1.807) is 6.92 Å². The number of carbonyl (C=O) groups is 1. The molecular weight excluding hydrogens is 228 g/mol. The Balaban J connectivity index is 2.22. The molecule has 2 rings (SSSR count). The third-order valence-electron chi connectivity index (χ3n) is 2.94. The predicted octanol–water partition coefficient (Wildman–Crippen LogP) is 2.39. The van der Waals surface area contributed by atoms with Gasteiger partial charge in [-0.15, -0.1) is 0 Å². The quantitative estimate of drug-likeness (QED) is 0.897. The zero-order valence-electron chi connectivity index (χ0n) is 10.5. The van der Waals surface area contributed by atoms with Crippen LogP contribution in [-0.2, 0) is 4.79 Å². The molecule has 0 aliphatic heterocycles. The minimum absolute atomic E-state index is 0.414. The number of fused-ring (bicyclic) bond motifs is 1. The molecule has 1 aromatic heterocycles. The topological polar surface area (TPSA) is 53.4 Å². The van der Waals surface area contributed by atoms with Gasteiger partial charge in [-0.05, 0) is 18.2 Å². The van der Waals surface area contributed by atoms with E-state index in [0.717, 1.165) is 16.7 Å². The lowest BCUT2D eigenvalue weighted by Crippen LogP contribution is -2.28. The van der Waals surface area contributed by atoms with Crippen LogP contribution < -0.4 is 4.90 Å². The summed E-state index contributed by atoms with van der Waals surface area (Å²) in [5, 5.41) is 9.99. The summed E-state index contributed by atoms with van der Waals surface area (Å²) in [5.41, 5.74) is 0.921. The standard InChI is InChI=1S/C14H16N2O2/c1-10(14(17)18)9-16(2)13-8-7-11-5-3-4-6-12(11)15-13/h3-8,10H,9H2,1-2H3,(H,17,18). The van der Waals surface area contributed by atoms with E-state index < -0.39 is 11.9 Å². The Bertz CT molecular complexity index is 568. The van der Waals surface area contributed by atoms with E-state index in [1.807, 2.05) is 48.3 Å². The normalized spacial score (nSPS) is 12.3. The molecule has 0 saturated carbocycles. The molecule has 18 heavy (non-hydrogen) atoms. The first-order valence-electron chi connectivity index (χ1n) is 5.87. The second-order valence-corrected chi connectivity index (χ2v) is 4.48. The van der Waals surface area contributed by atoms with Gasteiger partial charge in [-0.2, -0.15) is 0 Å². The first-order valence-corrected chi connectivity index (χ1v) is 5.87. The highest BCUT2D eigenvalue weighted by molar-refractivity contribution is 5.80. The summed E-state index contributed by atoms with van der Waals surface area (Å²) in [4.78, 5) is 17.2. The van der Waals surface area contributed by atoms with Gasteiger partial charge in [-0.1, -0.05) is 25.1 Å². The highest BCUT2D eigenvalue weighted by atomic mass is 16.4. The number of aromatic nitrogens is 1. The van der Waals surface area contributed by atoms with Gasteiger partial charge in [-0.25, -0.2) is 4.98 Å². The Kier molecular flexibility index (Phi) is 3.46. The fourth-order valence-corrected chi connectivity index (χ4v) is 1.85. The summed E-state index contributed by atoms with van der Waals surface area (Å²) in [7, 11) is 1.86. The Morgan fingerprint density at radius 3 is 2.78 bits per heavy atom. The van der Waals surface area contributed by atoms with Crippen molar-refractivity contribution in [3.05, 3.63) is 36.4 Å². The van der Waals surface area contributed by atoms with E-state index >= 15 is 0 Å². The van der Waals surface area contributed by atoms with Crippen LogP contribution in [-0.4, -0.2) is 29.7 Å². The van der Waals surface area contributed by atoms with Crippen LogP contribution in [0.3, 0.4) is 0 Å². The summed E-state index contributed by atoms with van der Waals surface area (Å²) in [5.74, 6) is -0.410. The summed E-state index contributed by atoms with van der Waals surface area (Å²) >= 11 is 0. The summed E-state index contributed by atoms with van der Waals surface area (Å²) in [6, 6.07) is 11.8. The number of carboxylic acid groups (broad SMARTS) is 1. The number of rotatable bonds is 4. The predicted molar refractivity (Wildman–Crippen MR) is 71.8 cm³/mol. The smallest absolute Gasteiger partial charge is 0.308 e. The van der Waals surface area contributed by atoms with Gasteiger partial charge in [0.2, 0.25) is 0 Å². The first-order chi connectivity index (χ1) is 8.58. The van der Waals surface area contributed by atoms with Gasteiger partial charge in [0, 0.05) is 19.0 Å². The molecule has 2 aromatic rings. The monoisotopic (exact) mass is 244 g/mol. The van der Waals surface area contributed by atoms with Gasteiger partial charge in [0.25, 0.3) is 0 Å². The van der Waals surface area contributed by atoms with Crippen LogP contribution in [0.4, 0.5) is 5.82 Å². The molecule has 0 bridgehead atoms. The zero-order chi connectivity index (χ0) is 13.1. The number of benzene rings is 1. The van der Waals surface area contributed by atoms with E-state index in [2.05, 4.69) is 4.98 Å². The van der Waals surface area contributed by atoms with Gasteiger partial charge in [-0.3, -0.25) is 4.79 Å². The van der Waals surface area contributed by atoms with Crippen LogP contribution in [0.25, 0.3) is 10.9 Å². The Hall–Kier alpha value is -2.10. The molecule has 1 heterocycles. The SMILES string of the molecule is CC(CN(C)c1ccc2ccccc2n1)C(=O)O. The highest BCUT2D eigenvalue weighted by Gasteiger charge is 2.14. The second-order valence-electron chi connectivity index (χ2n) is 4.48. The number of anilines is 1. The highest BCUT2D eigenvalue weighted by Crippen LogP contribution is 2.17. The average molecular weight is 244 g/mol. The number of carboxylic acids is 1. The molecule has 4 heteroatoms. The molecular formula is C14H16N2O2. The van der Waals surface area contributed by atoms with E-state index in [-0.39, 0.29) is 0 Å². The Labute approximate surface area is 106 Å². The molecule has 1 atom stereocenters. The third kappa shape index (κ3) is 2.59. The van der Waals surface area contributed by atoms with Gasteiger partial charge in [0.05, 0.1) is 11.4 Å². The van der Waals surface area contributed by atoms with Crippen LogP contribution in [0.5, 0.6) is 0 Å². The Morgan fingerprint density at radius 1 is 1.33 bits per heavy atom. The maximum atomic E-state index is 10.8. The third-order valence-corrected chi connectivity index (χ3v) is 2.94. The van der Waals surface area contributed by atoms with E-state index in [1.165, 1.54) is 0 Å². The zero-order valence-corrected chi connectivity index (χ0v) is 10.5.